The van der Waals surface area contributed by atoms with Crippen LogP contribution in [0.3, 0.4) is 0 Å². The second-order valence-electron chi connectivity index (χ2n) is 4.51. The molecule has 0 heterocycles. The Hall–Kier alpha value is -1.00. The maximum atomic E-state index is 12.1. The maximum absolute atomic E-state index is 12.1. The van der Waals surface area contributed by atoms with Gasteiger partial charge in [-0.05, 0) is 49.4 Å². The van der Waals surface area contributed by atoms with Crippen molar-refractivity contribution in [3.8, 4) is 0 Å². The van der Waals surface area contributed by atoms with Crippen LogP contribution in [0.15, 0.2) is 24.3 Å². The summed E-state index contributed by atoms with van der Waals surface area (Å²) in [7, 11) is 0. The monoisotopic (exact) mass is 280 g/mol. The molecule has 0 radical (unpaired) electrons. The van der Waals surface area contributed by atoms with Gasteiger partial charge in [0.25, 0.3) is 5.91 Å². The highest BCUT2D eigenvalue weighted by molar-refractivity contribution is 7.98. The van der Waals surface area contributed by atoms with Gasteiger partial charge >= 0.3 is 0 Å². The molecule has 0 saturated carbocycles. The van der Waals surface area contributed by atoms with E-state index in [1.807, 2.05) is 36.0 Å². The first-order chi connectivity index (χ1) is 9.29. The Kier molecular flexibility index (Phi) is 8.34. The maximum Gasteiger partial charge on any atom is 0.251 e. The van der Waals surface area contributed by atoms with Crippen LogP contribution < -0.4 is 11.1 Å². The van der Waals surface area contributed by atoms with E-state index < -0.39 is 0 Å². The average molecular weight is 280 g/mol. The molecule has 3 N–H and O–H groups in total. The van der Waals surface area contributed by atoms with Crippen LogP contribution in [0.5, 0.6) is 0 Å². The van der Waals surface area contributed by atoms with Gasteiger partial charge in [0, 0.05) is 12.1 Å². The SMILES string of the molecule is CSCCCCCNC(=O)c1ccccc1CCN. The zero-order valence-electron chi connectivity index (χ0n) is 11.7. The summed E-state index contributed by atoms with van der Waals surface area (Å²) in [6.45, 7) is 1.32. The van der Waals surface area contributed by atoms with Crippen LogP contribution in [0, 0.1) is 0 Å². The first-order valence-electron chi connectivity index (χ1n) is 6.84. The number of nitrogens with two attached hydrogens (primary N) is 1. The number of carbonyl (C=O) groups excluding carboxylic acids is 1. The first-order valence-corrected chi connectivity index (χ1v) is 8.24. The molecule has 0 bridgehead atoms. The minimum atomic E-state index is 0.0221. The molecule has 0 saturated heterocycles. The van der Waals surface area contributed by atoms with Gasteiger partial charge in [-0.15, -0.1) is 0 Å². The van der Waals surface area contributed by atoms with E-state index in [0.717, 1.165) is 30.5 Å². The van der Waals surface area contributed by atoms with E-state index >= 15 is 0 Å². The molecule has 1 aromatic rings. The van der Waals surface area contributed by atoms with Crippen molar-refractivity contribution in [3.63, 3.8) is 0 Å². The number of hydrogen-bond acceptors (Lipinski definition) is 3. The van der Waals surface area contributed by atoms with Crippen LogP contribution >= 0.6 is 11.8 Å². The predicted molar refractivity (Wildman–Crippen MR) is 83.8 cm³/mol. The molecular formula is C15H24N2OS. The molecule has 1 rings (SSSR count). The number of thioether (sulfide) groups is 1. The van der Waals surface area contributed by atoms with Gasteiger partial charge in [-0.3, -0.25) is 4.79 Å². The molecule has 0 fully saturated rings. The Morgan fingerprint density at radius 2 is 2.05 bits per heavy atom. The van der Waals surface area contributed by atoms with Crippen molar-refractivity contribution in [2.75, 3.05) is 25.1 Å². The van der Waals surface area contributed by atoms with Gasteiger partial charge in [-0.25, -0.2) is 0 Å². The van der Waals surface area contributed by atoms with E-state index in [1.54, 1.807) is 0 Å². The Morgan fingerprint density at radius 3 is 2.79 bits per heavy atom. The number of amides is 1. The van der Waals surface area contributed by atoms with Crippen molar-refractivity contribution in [3.05, 3.63) is 35.4 Å². The molecule has 0 aliphatic heterocycles. The summed E-state index contributed by atoms with van der Waals surface area (Å²) in [6, 6.07) is 7.69. The highest BCUT2D eigenvalue weighted by Gasteiger charge is 2.09. The number of nitrogens with one attached hydrogen (secondary N) is 1. The molecular weight excluding hydrogens is 256 g/mol. The lowest BCUT2D eigenvalue weighted by molar-refractivity contribution is 0.0952. The van der Waals surface area contributed by atoms with Crippen molar-refractivity contribution >= 4 is 17.7 Å². The van der Waals surface area contributed by atoms with Crippen LogP contribution in [0.1, 0.15) is 35.2 Å². The average Bonchev–Trinajstić information content (AvgIpc) is 2.43. The first kappa shape index (κ1) is 16.1. The quantitative estimate of drug-likeness (QED) is 0.683. The number of carbonyl (C=O) groups is 1. The van der Waals surface area contributed by atoms with Crippen molar-refractivity contribution in [2.24, 2.45) is 5.73 Å². The molecule has 0 aliphatic carbocycles. The van der Waals surface area contributed by atoms with Gasteiger partial charge in [-0.1, -0.05) is 24.6 Å². The van der Waals surface area contributed by atoms with Crippen LogP contribution in [0.25, 0.3) is 0 Å². The molecule has 19 heavy (non-hydrogen) atoms. The lowest BCUT2D eigenvalue weighted by Gasteiger charge is -2.09. The topological polar surface area (TPSA) is 55.1 Å². The fourth-order valence-corrected chi connectivity index (χ4v) is 2.45. The number of unbranched alkanes of at least 4 members (excludes halogenated alkanes) is 2. The van der Waals surface area contributed by atoms with Crippen LogP contribution in [0.4, 0.5) is 0 Å². The van der Waals surface area contributed by atoms with Gasteiger partial charge in [0.05, 0.1) is 0 Å². The second kappa shape index (κ2) is 9.87. The molecule has 0 spiro atoms. The Bertz CT molecular complexity index is 382. The fraction of sp³-hybridized carbons (Fsp3) is 0.533. The van der Waals surface area contributed by atoms with Crippen LogP contribution in [-0.2, 0) is 6.42 Å². The van der Waals surface area contributed by atoms with Gasteiger partial charge in [-0.2, -0.15) is 11.8 Å². The van der Waals surface area contributed by atoms with Crippen LogP contribution in [-0.4, -0.2) is 31.0 Å². The lowest BCUT2D eigenvalue weighted by atomic mass is 10.0. The van der Waals surface area contributed by atoms with E-state index in [4.69, 9.17) is 5.73 Å². The van der Waals surface area contributed by atoms with E-state index in [-0.39, 0.29) is 5.91 Å². The summed E-state index contributed by atoms with van der Waals surface area (Å²) >= 11 is 1.87. The standard InChI is InChI=1S/C15H24N2OS/c1-19-12-6-2-5-11-17-15(18)14-8-4-3-7-13(14)9-10-16/h3-4,7-8H,2,5-6,9-12,16H2,1H3,(H,17,18). The zero-order valence-corrected chi connectivity index (χ0v) is 12.5. The van der Waals surface area contributed by atoms with E-state index in [2.05, 4.69) is 11.6 Å². The molecule has 3 nitrogen and oxygen atoms in total. The minimum absolute atomic E-state index is 0.0221. The molecule has 4 heteroatoms. The van der Waals surface area contributed by atoms with Gasteiger partial charge in [0.15, 0.2) is 0 Å². The molecule has 106 valence electrons. The largest absolute Gasteiger partial charge is 0.352 e. The highest BCUT2D eigenvalue weighted by atomic mass is 32.2. The molecule has 0 unspecified atom stereocenters. The predicted octanol–water partition coefficient (Wildman–Crippen LogP) is 2.45. The Labute approximate surface area is 120 Å². The summed E-state index contributed by atoms with van der Waals surface area (Å²) < 4.78 is 0. The van der Waals surface area contributed by atoms with E-state index in [0.29, 0.717) is 6.54 Å². The summed E-state index contributed by atoms with van der Waals surface area (Å²) in [5, 5.41) is 2.99. The van der Waals surface area contributed by atoms with Gasteiger partial charge < -0.3 is 11.1 Å². The highest BCUT2D eigenvalue weighted by Crippen LogP contribution is 2.09. The Morgan fingerprint density at radius 1 is 1.26 bits per heavy atom. The third-order valence-corrected chi connectivity index (χ3v) is 3.68. The number of benzene rings is 1. The summed E-state index contributed by atoms with van der Waals surface area (Å²) in [4.78, 5) is 12.1. The van der Waals surface area contributed by atoms with Crippen molar-refractivity contribution in [1.29, 1.82) is 0 Å². The van der Waals surface area contributed by atoms with Gasteiger partial charge in [0.1, 0.15) is 0 Å². The van der Waals surface area contributed by atoms with Crippen molar-refractivity contribution in [2.45, 2.75) is 25.7 Å². The smallest absolute Gasteiger partial charge is 0.251 e. The number of rotatable bonds is 9. The van der Waals surface area contributed by atoms with E-state index in [9.17, 15) is 4.79 Å². The third-order valence-electron chi connectivity index (χ3n) is 2.99. The molecule has 0 aliphatic rings. The molecule has 1 aromatic carbocycles. The molecule has 1 amide bonds. The summed E-state index contributed by atoms with van der Waals surface area (Å²) in [5.74, 6) is 1.22. The van der Waals surface area contributed by atoms with Gasteiger partial charge in [0.2, 0.25) is 0 Å². The van der Waals surface area contributed by atoms with E-state index in [1.165, 1.54) is 18.6 Å². The summed E-state index contributed by atoms with van der Waals surface area (Å²) in [5.41, 5.74) is 7.36. The molecule has 0 atom stereocenters. The summed E-state index contributed by atoms with van der Waals surface area (Å²) in [6.07, 6.45) is 6.31. The second-order valence-corrected chi connectivity index (χ2v) is 5.49. The normalized spacial score (nSPS) is 10.4. The molecule has 0 aromatic heterocycles. The number of hydrogen-bond donors (Lipinski definition) is 2. The lowest BCUT2D eigenvalue weighted by Crippen LogP contribution is -2.26. The van der Waals surface area contributed by atoms with Crippen molar-refractivity contribution < 1.29 is 4.79 Å². The zero-order chi connectivity index (χ0) is 13.9. The minimum Gasteiger partial charge on any atom is -0.352 e. The van der Waals surface area contributed by atoms with Crippen LogP contribution in [0.2, 0.25) is 0 Å². The third kappa shape index (κ3) is 6.12. The Balaban J connectivity index is 2.36. The van der Waals surface area contributed by atoms with Crippen molar-refractivity contribution in [1.82, 2.24) is 5.32 Å². The fourth-order valence-electron chi connectivity index (χ4n) is 1.96.